The molecule has 0 unspecified atom stereocenters. The van der Waals surface area contributed by atoms with Gasteiger partial charge in [-0.05, 0) is 24.7 Å². The molecule has 2 N–H and O–H groups in total. The van der Waals surface area contributed by atoms with E-state index in [1.165, 1.54) is 25.7 Å². The van der Waals surface area contributed by atoms with E-state index in [1.54, 1.807) is 33.2 Å². The van der Waals surface area contributed by atoms with Crippen LogP contribution in [0, 0.1) is 5.41 Å². The molecular formula is C17H34N4O3. The van der Waals surface area contributed by atoms with E-state index in [0.717, 1.165) is 19.6 Å². The number of guanidine groups is 1. The average Bonchev–Trinajstić information content (AvgIpc) is 3.04. The molecule has 0 bridgehead atoms. The zero-order chi connectivity index (χ0) is 17.8. The summed E-state index contributed by atoms with van der Waals surface area (Å²) in [6, 6.07) is 0. The summed E-state index contributed by atoms with van der Waals surface area (Å²) >= 11 is 0. The summed E-state index contributed by atoms with van der Waals surface area (Å²) in [5, 5.41) is 6.65. The number of carbonyl (C=O) groups excluding carboxylic acids is 1. The Labute approximate surface area is 146 Å². The molecule has 1 aliphatic carbocycles. The highest BCUT2D eigenvalue weighted by Gasteiger charge is 2.33. The Bertz CT molecular complexity index is 393. The first-order valence-corrected chi connectivity index (χ1v) is 8.73. The summed E-state index contributed by atoms with van der Waals surface area (Å²) in [4.78, 5) is 17.7. The van der Waals surface area contributed by atoms with Gasteiger partial charge in [-0.25, -0.2) is 4.99 Å². The maximum atomic E-state index is 11.8. The first-order chi connectivity index (χ1) is 11.5. The van der Waals surface area contributed by atoms with Gasteiger partial charge in [0, 0.05) is 48.0 Å². The Morgan fingerprint density at radius 2 is 1.79 bits per heavy atom. The third kappa shape index (κ3) is 7.49. The molecule has 0 spiro atoms. The van der Waals surface area contributed by atoms with E-state index in [4.69, 9.17) is 9.47 Å². The zero-order valence-corrected chi connectivity index (χ0v) is 15.7. The number of rotatable bonds is 10. The maximum Gasteiger partial charge on any atom is 0.243 e. The summed E-state index contributed by atoms with van der Waals surface area (Å²) in [5.41, 5.74) is 0.269. The van der Waals surface area contributed by atoms with E-state index in [9.17, 15) is 4.79 Å². The molecule has 7 heteroatoms. The predicted molar refractivity (Wildman–Crippen MR) is 96.3 cm³/mol. The SMILES string of the molecule is COCCNC(=NCC(=O)N(C)C)NCC1(CCOC)CCCC1. The van der Waals surface area contributed by atoms with Gasteiger partial charge in [-0.1, -0.05) is 12.8 Å². The van der Waals surface area contributed by atoms with Crippen LogP contribution in [0.25, 0.3) is 0 Å². The van der Waals surface area contributed by atoms with Crippen LogP contribution in [-0.2, 0) is 14.3 Å². The third-order valence-corrected chi connectivity index (χ3v) is 4.60. The number of hydrogen-bond acceptors (Lipinski definition) is 4. The average molecular weight is 342 g/mol. The highest BCUT2D eigenvalue weighted by molar-refractivity contribution is 5.84. The normalized spacial score (nSPS) is 16.9. The van der Waals surface area contributed by atoms with Crippen molar-refractivity contribution >= 4 is 11.9 Å². The van der Waals surface area contributed by atoms with Crippen LogP contribution in [0.15, 0.2) is 4.99 Å². The van der Waals surface area contributed by atoms with Gasteiger partial charge in [0.25, 0.3) is 0 Å². The van der Waals surface area contributed by atoms with E-state index in [1.807, 2.05) is 0 Å². The predicted octanol–water partition coefficient (Wildman–Crippen LogP) is 0.853. The van der Waals surface area contributed by atoms with Crippen molar-refractivity contribution < 1.29 is 14.3 Å². The van der Waals surface area contributed by atoms with Crippen LogP contribution in [-0.4, -0.2) is 77.9 Å². The van der Waals surface area contributed by atoms with Crippen molar-refractivity contribution in [3.8, 4) is 0 Å². The molecule has 0 aliphatic heterocycles. The maximum absolute atomic E-state index is 11.8. The molecule has 24 heavy (non-hydrogen) atoms. The van der Waals surface area contributed by atoms with Gasteiger partial charge in [0.1, 0.15) is 6.54 Å². The number of likely N-dealkylation sites (N-methyl/N-ethyl adjacent to an activating group) is 1. The Morgan fingerprint density at radius 3 is 2.38 bits per heavy atom. The molecule has 140 valence electrons. The molecule has 1 saturated carbocycles. The highest BCUT2D eigenvalue weighted by atomic mass is 16.5. The molecule has 0 aromatic rings. The fourth-order valence-corrected chi connectivity index (χ4v) is 2.96. The molecule has 0 saturated heterocycles. The number of carbonyl (C=O) groups is 1. The second-order valence-electron chi connectivity index (χ2n) is 6.68. The van der Waals surface area contributed by atoms with Gasteiger partial charge in [0.05, 0.1) is 6.61 Å². The number of nitrogens with one attached hydrogen (secondary N) is 2. The van der Waals surface area contributed by atoms with Crippen LogP contribution in [0.3, 0.4) is 0 Å². The summed E-state index contributed by atoms with van der Waals surface area (Å²) in [7, 11) is 6.89. The van der Waals surface area contributed by atoms with Gasteiger partial charge < -0.3 is 25.0 Å². The van der Waals surface area contributed by atoms with Gasteiger partial charge in [-0.3, -0.25) is 4.79 Å². The minimum Gasteiger partial charge on any atom is -0.385 e. The molecule has 1 amide bonds. The summed E-state index contributed by atoms with van der Waals surface area (Å²) in [6.45, 7) is 3.02. The number of methoxy groups -OCH3 is 2. The topological polar surface area (TPSA) is 75.2 Å². The van der Waals surface area contributed by atoms with Crippen LogP contribution in [0.2, 0.25) is 0 Å². The molecule has 0 atom stereocenters. The molecule has 7 nitrogen and oxygen atoms in total. The Balaban J connectivity index is 2.61. The van der Waals surface area contributed by atoms with Crippen LogP contribution < -0.4 is 10.6 Å². The molecule has 0 aromatic heterocycles. The van der Waals surface area contributed by atoms with Crippen molar-refractivity contribution in [3.05, 3.63) is 0 Å². The van der Waals surface area contributed by atoms with Crippen molar-refractivity contribution in [2.45, 2.75) is 32.1 Å². The van der Waals surface area contributed by atoms with Crippen molar-refractivity contribution in [1.82, 2.24) is 15.5 Å². The lowest BCUT2D eigenvalue weighted by molar-refractivity contribution is -0.127. The van der Waals surface area contributed by atoms with Crippen molar-refractivity contribution in [1.29, 1.82) is 0 Å². The van der Waals surface area contributed by atoms with Crippen molar-refractivity contribution in [2.24, 2.45) is 10.4 Å². The van der Waals surface area contributed by atoms with Crippen molar-refractivity contribution in [2.75, 3.05) is 61.2 Å². The van der Waals surface area contributed by atoms with Gasteiger partial charge in [-0.15, -0.1) is 0 Å². The largest absolute Gasteiger partial charge is 0.385 e. The molecule has 0 radical (unpaired) electrons. The van der Waals surface area contributed by atoms with Crippen LogP contribution >= 0.6 is 0 Å². The zero-order valence-electron chi connectivity index (χ0n) is 15.7. The van der Waals surface area contributed by atoms with Gasteiger partial charge in [0.2, 0.25) is 5.91 Å². The quantitative estimate of drug-likeness (QED) is 0.350. The molecule has 0 aromatic carbocycles. The van der Waals surface area contributed by atoms with Crippen LogP contribution in [0.4, 0.5) is 0 Å². The number of amides is 1. The molecule has 1 rings (SSSR count). The number of hydrogen-bond donors (Lipinski definition) is 2. The summed E-state index contributed by atoms with van der Waals surface area (Å²) < 4.78 is 10.3. The van der Waals surface area contributed by atoms with Gasteiger partial charge in [-0.2, -0.15) is 0 Å². The lowest BCUT2D eigenvalue weighted by Crippen LogP contribution is -2.44. The second-order valence-corrected chi connectivity index (χ2v) is 6.68. The molecule has 1 fully saturated rings. The summed E-state index contributed by atoms with van der Waals surface area (Å²) in [6.07, 6.45) is 6.03. The smallest absolute Gasteiger partial charge is 0.243 e. The van der Waals surface area contributed by atoms with E-state index < -0.39 is 0 Å². The van der Waals surface area contributed by atoms with Crippen LogP contribution in [0.5, 0.6) is 0 Å². The minimum atomic E-state index is -0.0159. The Kier molecular flexibility index (Phi) is 9.71. The number of nitrogens with zero attached hydrogens (tertiary/aromatic N) is 2. The standard InChI is InChI=1S/C17H34N4O3/c1-21(2)15(22)13-19-16(18-10-12-24-4)20-14-17(9-11-23-3)7-5-6-8-17/h5-14H2,1-4H3,(H2,18,19,20). The van der Waals surface area contributed by atoms with E-state index >= 15 is 0 Å². The fourth-order valence-electron chi connectivity index (χ4n) is 2.96. The number of aliphatic imine (C=N–C) groups is 1. The van der Waals surface area contributed by atoms with Gasteiger partial charge >= 0.3 is 0 Å². The van der Waals surface area contributed by atoms with E-state index in [0.29, 0.717) is 19.1 Å². The van der Waals surface area contributed by atoms with E-state index in [-0.39, 0.29) is 17.9 Å². The van der Waals surface area contributed by atoms with Gasteiger partial charge in [0.15, 0.2) is 5.96 Å². The Hall–Kier alpha value is -1.34. The summed E-state index contributed by atoms with van der Waals surface area (Å²) in [5.74, 6) is 0.656. The fraction of sp³-hybridized carbons (Fsp3) is 0.882. The first kappa shape index (κ1) is 20.7. The lowest BCUT2D eigenvalue weighted by atomic mass is 9.83. The monoisotopic (exact) mass is 342 g/mol. The second kappa shape index (κ2) is 11.3. The van der Waals surface area contributed by atoms with Crippen LogP contribution in [0.1, 0.15) is 32.1 Å². The van der Waals surface area contributed by atoms with Crippen molar-refractivity contribution in [3.63, 3.8) is 0 Å². The third-order valence-electron chi connectivity index (χ3n) is 4.60. The molecule has 1 aliphatic rings. The Morgan fingerprint density at radius 1 is 1.12 bits per heavy atom. The number of ether oxygens (including phenoxy) is 2. The first-order valence-electron chi connectivity index (χ1n) is 8.73. The minimum absolute atomic E-state index is 0.0159. The highest BCUT2D eigenvalue weighted by Crippen LogP contribution is 2.40. The lowest BCUT2D eigenvalue weighted by Gasteiger charge is -2.30. The molecular weight excluding hydrogens is 308 g/mol. The van der Waals surface area contributed by atoms with E-state index in [2.05, 4.69) is 15.6 Å². The molecule has 0 heterocycles.